The van der Waals surface area contributed by atoms with Gasteiger partial charge in [-0.15, -0.1) is 6.58 Å². The highest BCUT2D eigenvalue weighted by molar-refractivity contribution is 5.67. The molecule has 0 amide bonds. The third-order valence-corrected chi connectivity index (χ3v) is 15.7. The van der Waals surface area contributed by atoms with E-state index in [0.29, 0.717) is 51.6 Å². The van der Waals surface area contributed by atoms with E-state index in [0.717, 1.165) is 36.8 Å². The van der Waals surface area contributed by atoms with Gasteiger partial charge >= 0.3 is 5.97 Å². The Kier molecular flexibility index (Phi) is 11.9. The number of carbonyl (C=O) groups is 1. The highest BCUT2D eigenvalue weighted by atomic mass is 16.8. The van der Waals surface area contributed by atoms with E-state index in [9.17, 15) is 15.0 Å². The minimum atomic E-state index is -1.05. The maximum atomic E-state index is 11.6. The monoisotopic (exact) mass is 872 g/mol. The number of aliphatic carboxylic acids is 1. The van der Waals surface area contributed by atoms with Crippen LogP contribution in [0.25, 0.3) is 0 Å². The first-order valence-electron chi connectivity index (χ1n) is 23.4. The molecule has 0 aromatic rings. The van der Waals surface area contributed by atoms with Crippen LogP contribution in [0.4, 0.5) is 0 Å². The molecule has 11 saturated heterocycles. The Morgan fingerprint density at radius 2 is 1.60 bits per heavy atom. The second-order valence-corrected chi connectivity index (χ2v) is 20.5. The fourth-order valence-electron chi connectivity index (χ4n) is 12.5. The first kappa shape index (κ1) is 44.0. The molecule has 346 valence electrons. The highest BCUT2D eigenvalue weighted by Gasteiger charge is 2.75. The molecule has 11 heterocycles. The Morgan fingerprint density at radius 3 is 2.40 bits per heavy atom. The predicted molar refractivity (Wildman–Crippen MR) is 219 cm³/mol. The zero-order valence-corrected chi connectivity index (χ0v) is 36.8. The molecule has 0 aromatic heterocycles. The topological polar surface area (TPSA) is 168 Å². The number of hydrogen-bond donors (Lipinski definition) is 2. The third-order valence-electron chi connectivity index (χ3n) is 15.7. The van der Waals surface area contributed by atoms with Crippen molar-refractivity contribution in [2.75, 3.05) is 13.2 Å². The maximum Gasteiger partial charge on any atom is 0.305 e. The predicted octanol–water partition coefficient (Wildman–Crippen LogP) is 5.05. The van der Waals surface area contributed by atoms with E-state index in [4.69, 9.17) is 56.8 Å². The van der Waals surface area contributed by atoms with E-state index >= 15 is 0 Å². The van der Waals surface area contributed by atoms with Crippen LogP contribution in [0.3, 0.4) is 0 Å². The number of fused-ring (bicyclic) bond motifs is 3. The molecular formula is C47H68O15. The Bertz CT molecular complexity index is 1720. The number of carboxylic acids is 1. The van der Waals surface area contributed by atoms with Crippen LogP contribution in [-0.4, -0.2) is 151 Å². The van der Waals surface area contributed by atoms with Gasteiger partial charge in [-0.25, -0.2) is 0 Å². The average Bonchev–Trinajstić information content (AvgIpc) is 3.78. The number of aliphatic hydroxyl groups excluding tert-OH is 1. The lowest BCUT2D eigenvalue weighted by Crippen LogP contribution is -2.63. The zero-order valence-electron chi connectivity index (χ0n) is 36.8. The van der Waals surface area contributed by atoms with Crippen molar-refractivity contribution in [3.05, 3.63) is 37.0 Å². The maximum absolute atomic E-state index is 11.6. The number of ether oxygens (including phenoxy) is 12. The molecule has 21 unspecified atom stereocenters. The summed E-state index contributed by atoms with van der Waals surface area (Å²) in [4.78, 5) is 11.6. The van der Waals surface area contributed by atoms with E-state index < -0.39 is 72.2 Å². The van der Waals surface area contributed by atoms with Crippen molar-refractivity contribution in [2.45, 2.75) is 226 Å². The van der Waals surface area contributed by atoms with Crippen molar-refractivity contribution in [2.24, 2.45) is 11.8 Å². The van der Waals surface area contributed by atoms with Gasteiger partial charge in [-0.1, -0.05) is 33.1 Å². The zero-order chi connectivity index (χ0) is 43.3. The summed E-state index contributed by atoms with van der Waals surface area (Å²) in [6.45, 7) is 21.6. The molecule has 11 aliphatic heterocycles. The van der Waals surface area contributed by atoms with Crippen LogP contribution in [0.1, 0.15) is 105 Å². The molecule has 11 aliphatic rings. The minimum Gasteiger partial charge on any atom is -0.481 e. The van der Waals surface area contributed by atoms with E-state index in [1.54, 1.807) is 6.08 Å². The van der Waals surface area contributed by atoms with Crippen LogP contribution in [0.15, 0.2) is 37.0 Å². The van der Waals surface area contributed by atoms with Crippen LogP contribution in [0.2, 0.25) is 0 Å². The molecule has 0 aromatic carbocycles. The lowest BCUT2D eigenvalue weighted by Gasteiger charge is -2.53. The first-order chi connectivity index (χ1) is 29.6. The summed E-state index contributed by atoms with van der Waals surface area (Å²) in [6.07, 6.45) is 3.60. The molecule has 11 rings (SSSR count). The molecule has 62 heavy (non-hydrogen) atoms. The Balaban J connectivity index is 0.749. The smallest absolute Gasteiger partial charge is 0.305 e. The van der Waals surface area contributed by atoms with E-state index in [1.165, 1.54) is 0 Å². The standard InChI is InChI=1S/C47H68O15/c1-8-15-51-47-22-46(60-41-40-31(12-10-28(55-40)18-37(48)49)57-43(42(41)61-47)44(47)62-46)14-13-29-17-24(3)30(53-29)11-9-27-16-23(2)25(4)32(54-27)19-34-38(50)26(5)39-35(56-34)20-33-36(58-39)21-52-45(6,7)59-33/h8,23,26-36,38-44,50H,1,3-4,9-22H2,2,5-7H3,(H,48,49). The fraction of sp³-hybridized carbons (Fsp3) is 0.851. The molecule has 2 N–H and O–H groups in total. The molecule has 0 spiro atoms. The summed E-state index contributed by atoms with van der Waals surface area (Å²) in [5, 5.41) is 21.0. The average molecular weight is 873 g/mol. The first-order valence-corrected chi connectivity index (χ1v) is 23.4. The summed E-state index contributed by atoms with van der Waals surface area (Å²) in [5.41, 5.74) is 2.11. The number of hydrogen-bond acceptors (Lipinski definition) is 14. The van der Waals surface area contributed by atoms with Crippen molar-refractivity contribution < 1.29 is 71.8 Å². The van der Waals surface area contributed by atoms with Gasteiger partial charge in [0.1, 0.15) is 36.6 Å². The van der Waals surface area contributed by atoms with Gasteiger partial charge in [0.25, 0.3) is 0 Å². The van der Waals surface area contributed by atoms with Crippen molar-refractivity contribution in [1.82, 2.24) is 0 Å². The lowest BCUT2D eigenvalue weighted by atomic mass is 9.79. The van der Waals surface area contributed by atoms with Gasteiger partial charge in [0, 0.05) is 25.2 Å². The summed E-state index contributed by atoms with van der Waals surface area (Å²) in [6, 6.07) is 0. The SMILES string of the molecule is C=CCOC12CC3(CCC4CC(=C)C(CCC5CC(C)C(=C)C(CC6OC7CC8OC(C)(C)OCC8OC7C(C)C6O)O5)O4)OC4C5OC(CC(=O)O)CCC5OC(C4O1)C2O3. The van der Waals surface area contributed by atoms with Gasteiger partial charge in [-0.05, 0) is 75.9 Å². The van der Waals surface area contributed by atoms with Gasteiger partial charge in [0.05, 0.1) is 93.2 Å². The van der Waals surface area contributed by atoms with Crippen molar-refractivity contribution in [3.8, 4) is 0 Å². The van der Waals surface area contributed by atoms with Crippen molar-refractivity contribution in [1.29, 1.82) is 0 Å². The van der Waals surface area contributed by atoms with Gasteiger partial charge < -0.3 is 67.1 Å². The molecule has 0 aliphatic carbocycles. The van der Waals surface area contributed by atoms with Crippen molar-refractivity contribution >= 4 is 5.97 Å². The van der Waals surface area contributed by atoms with Gasteiger partial charge in [0.15, 0.2) is 11.6 Å². The molecule has 0 radical (unpaired) electrons. The summed E-state index contributed by atoms with van der Waals surface area (Å²) in [7, 11) is 0. The van der Waals surface area contributed by atoms with Gasteiger partial charge in [0.2, 0.25) is 5.79 Å². The molecule has 11 fully saturated rings. The Labute approximate surface area is 365 Å². The van der Waals surface area contributed by atoms with Crippen LogP contribution < -0.4 is 0 Å². The molecule has 6 bridgehead atoms. The van der Waals surface area contributed by atoms with Gasteiger partial charge in [-0.3, -0.25) is 4.79 Å². The Hall–Kier alpha value is -1.83. The second kappa shape index (κ2) is 16.8. The van der Waals surface area contributed by atoms with Gasteiger partial charge in [-0.2, -0.15) is 0 Å². The van der Waals surface area contributed by atoms with E-state index in [-0.39, 0.29) is 79.8 Å². The molecular weight excluding hydrogens is 805 g/mol. The lowest BCUT2D eigenvalue weighted by molar-refractivity contribution is -0.355. The molecule has 15 heteroatoms. The number of carboxylic acid groups (broad SMARTS) is 1. The normalized spacial score (nSPS) is 51.3. The largest absolute Gasteiger partial charge is 0.481 e. The third kappa shape index (κ3) is 8.10. The minimum absolute atomic E-state index is 0.00125. The van der Waals surface area contributed by atoms with E-state index in [1.807, 2.05) is 20.8 Å². The quantitative estimate of drug-likeness (QED) is 0.236. The Morgan fingerprint density at radius 1 is 0.806 bits per heavy atom. The number of rotatable bonds is 13. The summed E-state index contributed by atoms with van der Waals surface area (Å²) < 4.78 is 78.6. The summed E-state index contributed by atoms with van der Waals surface area (Å²) in [5.74, 6) is -3.51. The molecule has 15 nitrogen and oxygen atoms in total. The highest BCUT2D eigenvalue weighted by Crippen LogP contribution is 2.59. The van der Waals surface area contributed by atoms with E-state index in [2.05, 4.69) is 26.7 Å². The second-order valence-electron chi connectivity index (χ2n) is 20.5. The van der Waals surface area contributed by atoms with Crippen LogP contribution >= 0.6 is 0 Å². The number of aliphatic hydroxyl groups is 1. The molecule has 21 atom stereocenters. The summed E-state index contributed by atoms with van der Waals surface area (Å²) >= 11 is 0. The van der Waals surface area contributed by atoms with Crippen LogP contribution in [0.5, 0.6) is 0 Å². The van der Waals surface area contributed by atoms with Crippen LogP contribution in [-0.2, 0) is 61.6 Å². The fourth-order valence-corrected chi connectivity index (χ4v) is 12.5. The molecule has 0 saturated carbocycles. The van der Waals surface area contributed by atoms with Crippen LogP contribution in [0, 0.1) is 11.8 Å². The van der Waals surface area contributed by atoms with Crippen molar-refractivity contribution in [3.63, 3.8) is 0 Å².